The van der Waals surface area contributed by atoms with Crippen LogP contribution < -0.4 is 4.90 Å². The molecule has 0 saturated heterocycles. The zero-order valence-electron chi connectivity index (χ0n) is 13.9. The van der Waals surface area contributed by atoms with Gasteiger partial charge in [-0.15, -0.1) is 0 Å². The molecule has 1 amide bonds. The number of carbonyl (C=O) groups is 2. The number of carbonyl (C=O) groups excluding carboxylic acids is 1. The highest BCUT2D eigenvalue weighted by Gasteiger charge is 2.35. The maximum atomic E-state index is 12.9. The van der Waals surface area contributed by atoms with Gasteiger partial charge in [-0.05, 0) is 29.2 Å². The van der Waals surface area contributed by atoms with Crippen LogP contribution in [0, 0.1) is 0 Å². The fourth-order valence-corrected chi connectivity index (χ4v) is 3.83. The van der Waals surface area contributed by atoms with Crippen molar-refractivity contribution >= 4 is 17.6 Å². The lowest BCUT2D eigenvalue weighted by Crippen LogP contribution is -2.51. The van der Waals surface area contributed by atoms with Crippen LogP contribution in [0.2, 0.25) is 0 Å². The number of amides is 1. The summed E-state index contributed by atoms with van der Waals surface area (Å²) >= 11 is 0. The highest BCUT2D eigenvalue weighted by Crippen LogP contribution is 2.28. The molecule has 2 aromatic rings. The Labute approximate surface area is 146 Å². The largest absolute Gasteiger partial charge is 0.480 e. The lowest BCUT2D eigenvalue weighted by Gasteiger charge is -2.35. The molecule has 2 aromatic carbocycles. The van der Waals surface area contributed by atoms with E-state index in [0.29, 0.717) is 13.0 Å². The van der Waals surface area contributed by atoms with E-state index in [-0.39, 0.29) is 12.5 Å². The second kappa shape index (κ2) is 6.24. The van der Waals surface area contributed by atoms with Crippen molar-refractivity contribution in [3.63, 3.8) is 0 Å². The predicted octanol–water partition coefficient (Wildman–Crippen LogP) is 2.09. The lowest BCUT2D eigenvalue weighted by atomic mass is 9.94. The molecule has 0 aliphatic carbocycles. The maximum Gasteiger partial charge on any atom is 0.326 e. The first kappa shape index (κ1) is 15.7. The van der Waals surface area contributed by atoms with Gasteiger partial charge in [0.25, 0.3) is 0 Å². The van der Waals surface area contributed by atoms with Gasteiger partial charge in [0.2, 0.25) is 5.91 Å². The Morgan fingerprint density at radius 2 is 1.68 bits per heavy atom. The summed E-state index contributed by atoms with van der Waals surface area (Å²) in [6.45, 7) is 1.39. The van der Waals surface area contributed by atoms with Crippen LogP contribution in [0.5, 0.6) is 0 Å². The summed E-state index contributed by atoms with van der Waals surface area (Å²) in [6.07, 6.45) is 1.29. The number of hydrogen-bond donors (Lipinski definition) is 1. The third-order valence-corrected chi connectivity index (χ3v) is 5.16. The zero-order chi connectivity index (χ0) is 17.4. The van der Waals surface area contributed by atoms with Gasteiger partial charge in [-0.3, -0.25) is 4.79 Å². The topological polar surface area (TPSA) is 60.9 Å². The molecule has 0 spiro atoms. The summed E-state index contributed by atoms with van der Waals surface area (Å²) in [4.78, 5) is 28.2. The molecule has 0 aromatic heterocycles. The van der Waals surface area contributed by atoms with Crippen LogP contribution in [0.4, 0.5) is 5.69 Å². The molecule has 0 bridgehead atoms. The van der Waals surface area contributed by atoms with Gasteiger partial charge in [-0.2, -0.15) is 0 Å². The van der Waals surface area contributed by atoms with Crippen molar-refractivity contribution in [1.82, 2.24) is 4.90 Å². The van der Waals surface area contributed by atoms with Crippen molar-refractivity contribution in [2.24, 2.45) is 0 Å². The average Bonchev–Trinajstić information content (AvgIpc) is 3.03. The standard InChI is InChI=1S/C20H20N2O3/c23-19(13-21-10-9-14-5-3-4-8-17(14)21)22-12-16-7-2-1-6-15(16)11-18(22)20(24)25/h1-8,18H,9-13H2,(H,24,25). The zero-order valence-corrected chi connectivity index (χ0v) is 13.9. The Bertz CT molecular complexity index is 833. The monoisotopic (exact) mass is 336 g/mol. The molecule has 0 saturated carbocycles. The van der Waals surface area contributed by atoms with Gasteiger partial charge in [-0.25, -0.2) is 4.79 Å². The minimum absolute atomic E-state index is 0.126. The Balaban J connectivity index is 1.56. The van der Waals surface area contributed by atoms with Gasteiger partial charge in [0.1, 0.15) is 6.04 Å². The summed E-state index contributed by atoms with van der Waals surface area (Å²) in [6, 6.07) is 15.1. The van der Waals surface area contributed by atoms with Crippen LogP contribution in [0.25, 0.3) is 0 Å². The molecular formula is C20H20N2O3. The van der Waals surface area contributed by atoms with Crippen molar-refractivity contribution in [2.75, 3.05) is 18.0 Å². The number of fused-ring (bicyclic) bond motifs is 2. The fraction of sp³-hybridized carbons (Fsp3) is 0.300. The first-order valence-electron chi connectivity index (χ1n) is 8.55. The summed E-state index contributed by atoms with van der Waals surface area (Å²) in [7, 11) is 0. The molecule has 25 heavy (non-hydrogen) atoms. The van der Waals surface area contributed by atoms with Crippen LogP contribution in [-0.4, -0.2) is 41.0 Å². The van der Waals surface area contributed by atoms with Gasteiger partial charge in [-0.1, -0.05) is 42.5 Å². The number of carboxylic acid groups (broad SMARTS) is 1. The molecular weight excluding hydrogens is 316 g/mol. The predicted molar refractivity (Wildman–Crippen MR) is 94.5 cm³/mol. The molecule has 1 atom stereocenters. The van der Waals surface area contributed by atoms with Crippen molar-refractivity contribution < 1.29 is 14.7 Å². The molecule has 2 heterocycles. The highest BCUT2D eigenvalue weighted by atomic mass is 16.4. The fourth-order valence-electron chi connectivity index (χ4n) is 3.83. The van der Waals surface area contributed by atoms with Gasteiger partial charge < -0.3 is 14.9 Å². The highest BCUT2D eigenvalue weighted by molar-refractivity contribution is 5.87. The van der Waals surface area contributed by atoms with Gasteiger partial charge >= 0.3 is 5.97 Å². The molecule has 1 N–H and O–H groups in total. The molecule has 2 aliphatic heterocycles. The van der Waals surface area contributed by atoms with E-state index in [4.69, 9.17) is 0 Å². The van der Waals surface area contributed by atoms with Gasteiger partial charge in [0.05, 0.1) is 6.54 Å². The van der Waals surface area contributed by atoms with Crippen LogP contribution in [0.15, 0.2) is 48.5 Å². The Morgan fingerprint density at radius 1 is 1.00 bits per heavy atom. The van der Waals surface area contributed by atoms with Gasteiger partial charge in [0, 0.05) is 25.2 Å². The third-order valence-electron chi connectivity index (χ3n) is 5.16. The number of aliphatic carboxylic acids is 1. The van der Waals surface area contributed by atoms with Crippen LogP contribution in [0.1, 0.15) is 16.7 Å². The van der Waals surface area contributed by atoms with E-state index >= 15 is 0 Å². The first-order valence-corrected chi connectivity index (χ1v) is 8.55. The third kappa shape index (κ3) is 2.86. The van der Waals surface area contributed by atoms with E-state index in [1.165, 1.54) is 10.5 Å². The molecule has 128 valence electrons. The summed E-state index contributed by atoms with van der Waals surface area (Å²) < 4.78 is 0. The molecule has 4 rings (SSSR count). The number of nitrogens with zero attached hydrogens (tertiary/aromatic N) is 2. The van der Waals surface area contributed by atoms with Crippen LogP contribution >= 0.6 is 0 Å². The van der Waals surface area contributed by atoms with E-state index in [0.717, 1.165) is 29.8 Å². The van der Waals surface area contributed by atoms with Gasteiger partial charge in [0.15, 0.2) is 0 Å². The van der Waals surface area contributed by atoms with E-state index in [9.17, 15) is 14.7 Å². The molecule has 0 radical (unpaired) electrons. The molecule has 0 fully saturated rings. The van der Waals surface area contributed by atoms with E-state index in [2.05, 4.69) is 11.0 Å². The van der Waals surface area contributed by atoms with E-state index < -0.39 is 12.0 Å². The van der Waals surface area contributed by atoms with E-state index in [1.807, 2.05) is 42.5 Å². The Morgan fingerprint density at radius 3 is 2.44 bits per heavy atom. The second-order valence-corrected chi connectivity index (χ2v) is 6.65. The normalized spacial score (nSPS) is 18.6. The van der Waals surface area contributed by atoms with Crippen LogP contribution in [0.3, 0.4) is 0 Å². The minimum Gasteiger partial charge on any atom is -0.480 e. The second-order valence-electron chi connectivity index (χ2n) is 6.65. The first-order chi connectivity index (χ1) is 12.1. The molecule has 2 aliphatic rings. The van der Waals surface area contributed by atoms with Crippen molar-refractivity contribution in [2.45, 2.75) is 25.4 Å². The number of para-hydroxylation sites is 1. The van der Waals surface area contributed by atoms with Crippen LogP contribution in [-0.2, 0) is 29.0 Å². The number of benzene rings is 2. The maximum absolute atomic E-state index is 12.9. The summed E-state index contributed by atoms with van der Waals surface area (Å²) in [5.41, 5.74) is 4.38. The number of anilines is 1. The van der Waals surface area contributed by atoms with Crippen molar-refractivity contribution in [1.29, 1.82) is 0 Å². The van der Waals surface area contributed by atoms with E-state index in [1.54, 1.807) is 0 Å². The molecule has 5 nitrogen and oxygen atoms in total. The number of carboxylic acids is 1. The number of rotatable bonds is 3. The SMILES string of the molecule is O=C(O)C1Cc2ccccc2CN1C(=O)CN1CCc2ccccc21. The van der Waals surface area contributed by atoms with Crippen molar-refractivity contribution in [3.8, 4) is 0 Å². The molecule has 1 unspecified atom stereocenters. The molecule has 5 heteroatoms. The summed E-state index contributed by atoms with van der Waals surface area (Å²) in [5, 5.41) is 9.59. The minimum atomic E-state index is -0.940. The summed E-state index contributed by atoms with van der Waals surface area (Å²) in [5.74, 6) is -1.07. The van der Waals surface area contributed by atoms with Crippen molar-refractivity contribution in [3.05, 3.63) is 65.2 Å². The Kier molecular flexibility index (Phi) is 3.92. The smallest absolute Gasteiger partial charge is 0.326 e. The average molecular weight is 336 g/mol. The quantitative estimate of drug-likeness (QED) is 0.932. The lowest BCUT2D eigenvalue weighted by molar-refractivity contribution is -0.150. The number of hydrogen-bond acceptors (Lipinski definition) is 3. The Hall–Kier alpha value is -2.82.